The first kappa shape index (κ1) is 27.8. The maximum Gasteiger partial charge on any atom is 0.250 e. The van der Waals surface area contributed by atoms with Gasteiger partial charge in [-0.05, 0) is 50.0 Å². The van der Waals surface area contributed by atoms with Crippen LogP contribution in [-0.4, -0.2) is 45.5 Å². The van der Waals surface area contributed by atoms with Gasteiger partial charge in [0.1, 0.15) is 5.78 Å². The molecule has 1 amide bonds. The van der Waals surface area contributed by atoms with Crippen molar-refractivity contribution in [3.8, 4) is 0 Å². The molecule has 4 rings (SSSR count). The molecule has 2 aliphatic heterocycles. The first-order valence-electron chi connectivity index (χ1n) is 14.8. The molecule has 3 aliphatic rings. The third-order valence-corrected chi connectivity index (χ3v) is 8.83. The molecule has 6 heteroatoms. The number of pyridine rings is 1. The van der Waals surface area contributed by atoms with Crippen LogP contribution in [0.25, 0.3) is 0 Å². The summed E-state index contributed by atoms with van der Waals surface area (Å²) in [5, 5.41) is 10.2. The summed E-state index contributed by atoms with van der Waals surface area (Å²) in [6, 6.07) is 5.51. The Morgan fingerprint density at radius 2 is 1.92 bits per heavy atom. The number of Topliss-reactive ketones (excluding diaryl/α,β-unsaturated/α-hetero) is 1. The Bertz CT molecular complexity index is 999. The first-order chi connectivity index (χ1) is 18.0. The fourth-order valence-corrected chi connectivity index (χ4v) is 6.76. The Morgan fingerprint density at radius 1 is 1.08 bits per heavy atom. The molecule has 2 fully saturated rings. The van der Waals surface area contributed by atoms with Crippen LogP contribution in [0.4, 0.5) is 0 Å². The summed E-state index contributed by atoms with van der Waals surface area (Å²) >= 11 is 0. The Balaban J connectivity index is 1.14. The van der Waals surface area contributed by atoms with Crippen molar-refractivity contribution < 1.29 is 14.7 Å². The second-order valence-corrected chi connectivity index (χ2v) is 11.7. The van der Waals surface area contributed by atoms with Crippen LogP contribution in [0.5, 0.6) is 0 Å². The van der Waals surface area contributed by atoms with Gasteiger partial charge in [-0.2, -0.15) is 0 Å². The van der Waals surface area contributed by atoms with E-state index in [1.807, 2.05) is 27.7 Å². The van der Waals surface area contributed by atoms with Crippen LogP contribution in [0, 0.1) is 17.8 Å². The number of allylic oxidation sites excluding steroid dienone is 1. The Hall–Kier alpha value is -2.21. The number of unbranched alkanes of at least 4 members (excludes halogenated alkanes) is 5. The number of carbonyl (C=O) groups excluding carboxylic acids is 2. The lowest BCUT2D eigenvalue weighted by atomic mass is 9.83. The monoisotopic (exact) mass is 510 g/mol. The summed E-state index contributed by atoms with van der Waals surface area (Å²) in [4.78, 5) is 39.6. The van der Waals surface area contributed by atoms with Crippen LogP contribution < -0.4 is 5.56 Å². The number of nitrogens with zero attached hydrogens (tertiary/aromatic N) is 2. The molecule has 204 valence electrons. The number of aromatic nitrogens is 1. The third kappa shape index (κ3) is 7.43. The first-order valence-corrected chi connectivity index (χ1v) is 14.8. The highest BCUT2D eigenvalue weighted by molar-refractivity contribution is 5.83. The Morgan fingerprint density at radius 3 is 2.76 bits per heavy atom. The summed E-state index contributed by atoms with van der Waals surface area (Å²) in [5.41, 5.74) is 1.16. The van der Waals surface area contributed by atoms with E-state index >= 15 is 0 Å². The Kier molecular flexibility index (Phi) is 10.2. The van der Waals surface area contributed by atoms with E-state index in [4.69, 9.17) is 0 Å². The van der Waals surface area contributed by atoms with Crippen LogP contribution in [-0.2, 0) is 16.1 Å². The molecule has 0 radical (unpaired) electrons. The number of ketones is 1. The third-order valence-electron chi connectivity index (χ3n) is 8.83. The fourth-order valence-electron chi connectivity index (χ4n) is 6.76. The van der Waals surface area contributed by atoms with Gasteiger partial charge in [-0.15, -0.1) is 0 Å². The van der Waals surface area contributed by atoms with Crippen molar-refractivity contribution in [3.63, 3.8) is 0 Å². The predicted molar refractivity (Wildman–Crippen MR) is 146 cm³/mol. The minimum Gasteiger partial charge on any atom is -0.389 e. The van der Waals surface area contributed by atoms with Gasteiger partial charge in [0.25, 0.3) is 5.56 Å². The highest BCUT2D eigenvalue weighted by Gasteiger charge is 2.36. The van der Waals surface area contributed by atoms with Gasteiger partial charge in [-0.3, -0.25) is 14.4 Å². The van der Waals surface area contributed by atoms with Gasteiger partial charge >= 0.3 is 0 Å². The molecule has 1 unspecified atom stereocenters. The van der Waals surface area contributed by atoms with Crippen molar-refractivity contribution in [1.29, 1.82) is 0 Å². The molecule has 2 bridgehead atoms. The van der Waals surface area contributed by atoms with Gasteiger partial charge in [-0.1, -0.05) is 63.7 Å². The van der Waals surface area contributed by atoms with E-state index in [1.165, 1.54) is 0 Å². The molecule has 6 nitrogen and oxygen atoms in total. The smallest absolute Gasteiger partial charge is 0.250 e. The molecule has 1 N–H and O–H groups in total. The summed E-state index contributed by atoms with van der Waals surface area (Å²) in [5.74, 6) is 1.64. The normalized spacial score (nSPS) is 26.0. The molecule has 1 aromatic rings. The lowest BCUT2D eigenvalue weighted by Crippen LogP contribution is -2.49. The molecule has 1 aliphatic carbocycles. The number of likely N-dealkylation sites (tertiary alicyclic amines) is 1. The summed E-state index contributed by atoms with van der Waals surface area (Å²) in [6.45, 7) is 4.38. The zero-order valence-electron chi connectivity index (χ0n) is 22.7. The standard InChI is InChI=1S/C31H46N2O4/c1-2-3-6-10-26(34)17-15-24-16-18-29(35)27(24)11-7-4-5-8-13-30(36)32-20-23-19-25(22-32)28-12-9-14-31(37)33(28)21-23/h9,12,14-15,17,23-27,34H,2-8,10-11,13,16,18-22H2,1H3/b17-15+/t23?,24-,25+,26-,27+/m0/s1. The number of hydrogen-bond acceptors (Lipinski definition) is 4. The maximum absolute atomic E-state index is 12.9. The number of aliphatic hydroxyl groups excluding tert-OH is 1. The molecule has 5 atom stereocenters. The number of aliphatic hydroxyl groups is 1. The average Bonchev–Trinajstić information content (AvgIpc) is 3.24. The van der Waals surface area contributed by atoms with Crippen molar-refractivity contribution in [3.05, 3.63) is 46.4 Å². The van der Waals surface area contributed by atoms with Crippen LogP contribution in [0.1, 0.15) is 102 Å². The van der Waals surface area contributed by atoms with Crippen molar-refractivity contribution in [1.82, 2.24) is 9.47 Å². The summed E-state index contributed by atoms with van der Waals surface area (Å²) in [7, 11) is 0. The van der Waals surface area contributed by atoms with Crippen molar-refractivity contribution in [2.24, 2.45) is 17.8 Å². The maximum atomic E-state index is 12.9. The van der Waals surface area contributed by atoms with Gasteiger partial charge in [0.15, 0.2) is 0 Å². The van der Waals surface area contributed by atoms with E-state index in [1.54, 1.807) is 6.07 Å². The van der Waals surface area contributed by atoms with Gasteiger partial charge in [-0.25, -0.2) is 0 Å². The van der Waals surface area contributed by atoms with Crippen molar-refractivity contribution in [2.45, 2.75) is 109 Å². The van der Waals surface area contributed by atoms with Gasteiger partial charge in [0, 0.05) is 56.1 Å². The molecule has 0 spiro atoms. The quantitative estimate of drug-likeness (QED) is 0.291. The molecular weight excluding hydrogens is 464 g/mol. The molecular formula is C31H46N2O4. The highest BCUT2D eigenvalue weighted by atomic mass is 16.3. The largest absolute Gasteiger partial charge is 0.389 e. The highest BCUT2D eigenvalue weighted by Crippen LogP contribution is 2.36. The van der Waals surface area contributed by atoms with Gasteiger partial charge < -0.3 is 14.6 Å². The summed E-state index contributed by atoms with van der Waals surface area (Å²) < 4.78 is 1.91. The zero-order chi connectivity index (χ0) is 26.2. The van der Waals surface area contributed by atoms with E-state index in [2.05, 4.69) is 13.0 Å². The second-order valence-electron chi connectivity index (χ2n) is 11.7. The predicted octanol–water partition coefficient (Wildman–Crippen LogP) is 5.23. The van der Waals surface area contributed by atoms with E-state index in [0.717, 1.165) is 96.0 Å². The zero-order valence-corrected chi connectivity index (χ0v) is 22.7. The lowest BCUT2D eigenvalue weighted by Gasteiger charge is -2.42. The number of carbonyl (C=O) groups is 2. The number of amides is 1. The fraction of sp³-hybridized carbons (Fsp3) is 0.710. The number of rotatable bonds is 13. The topological polar surface area (TPSA) is 79.6 Å². The molecule has 1 saturated carbocycles. The average molecular weight is 511 g/mol. The minimum atomic E-state index is -0.391. The van der Waals surface area contributed by atoms with Crippen molar-refractivity contribution >= 4 is 11.7 Å². The molecule has 37 heavy (non-hydrogen) atoms. The summed E-state index contributed by atoms with van der Waals surface area (Å²) in [6.07, 6.45) is 15.9. The molecule has 1 saturated heterocycles. The number of piperidine rings is 1. The molecule has 3 heterocycles. The molecule has 1 aromatic heterocycles. The van der Waals surface area contributed by atoms with E-state index in [0.29, 0.717) is 24.5 Å². The second kappa shape index (κ2) is 13.5. The van der Waals surface area contributed by atoms with E-state index in [9.17, 15) is 19.5 Å². The minimum absolute atomic E-state index is 0.0774. The lowest BCUT2D eigenvalue weighted by molar-refractivity contribution is -0.134. The van der Waals surface area contributed by atoms with Gasteiger partial charge in [0.2, 0.25) is 5.91 Å². The number of fused-ring (bicyclic) bond motifs is 4. The van der Waals surface area contributed by atoms with E-state index in [-0.39, 0.29) is 29.2 Å². The van der Waals surface area contributed by atoms with Crippen molar-refractivity contribution in [2.75, 3.05) is 13.1 Å². The molecule has 0 aromatic carbocycles. The van der Waals surface area contributed by atoms with Crippen LogP contribution in [0.15, 0.2) is 35.1 Å². The number of hydrogen-bond donors (Lipinski definition) is 1. The van der Waals surface area contributed by atoms with Crippen LogP contribution >= 0.6 is 0 Å². The van der Waals surface area contributed by atoms with Gasteiger partial charge in [0.05, 0.1) is 6.10 Å². The van der Waals surface area contributed by atoms with Crippen LogP contribution in [0.3, 0.4) is 0 Å². The SMILES string of the molecule is CCCCC[C@H](O)/C=C/[C@H]1CCC(=O)[C@@H]1CCCCCCC(=O)N1CC2C[C@H](C1)c1cccc(=O)n1C2. The Labute approximate surface area is 222 Å². The van der Waals surface area contributed by atoms with E-state index < -0.39 is 6.10 Å². The van der Waals surface area contributed by atoms with Crippen LogP contribution in [0.2, 0.25) is 0 Å².